The first-order chi connectivity index (χ1) is 11.5. The molecule has 1 atom stereocenters. The molecule has 0 fully saturated rings. The normalized spacial score (nSPS) is 13.0. The molecule has 1 heterocycles. The second-order valence-electron chi connectivity index (χ2n) is 5.42. The first-order valence-corrected chi connectivity index (χ1v) is 7.47. The quantitative estimate of drug-likeness (QED) is 0.825. The zero-order valence-electron chi connectivity index (χ0n) is 13.2. The van der Waals surface area contributed by atoms with E-state index in [1.54, 1.807) is 0 Å². The first kappa shape index (κ1) is 19.3. The number of aliphatic hydroxyl groups is 1. The highest BCUT2D eigenvalue weighted by Gasteiger charge is 2.34. The van der Waals surface area contributed by atoms with Crippen LogP contribution in [0, 0.1) is 5.82 Å². The van der Waals surface area contributed by atoms with Crippen molar-refractivity contribution >= 4 is 11.6 Å². The third-order valence-electron chi connectivity index (χ3n) is 3.39. The maximum atomic E-state index is 14.2. The van der Waals surface area contributed by atoms with Gasteiger partial charge in [-0.05, 0) is 31.2 Å². The van der Waals surface area contributed by atoms with E-state index in [2.05, 4.69) is 0 Å². The smallest absolute Gasteiger partial charge is 0.431 e. The molecule has 0 spiro atoms. The van der Waals surface area contributed by atoms with Crippen LogP contribution in [-0.4, -0.2) is 22.4 Å². The Morgan fingerprint density at radius 3 is 2.48 bits per heavy atom. The number of rotatable bonds is 4. The van der Waals surface area contributed by atoms with Crippen molar-refractivity contribution in [1.82, 2.24) is 4.57 Å². The number of aliphatic hydroxyl groups excluding tert-OH is 1. The van der Waals surface area contributed by atoms with E-state index >= 15 is 0 Å². The second-order valence-corrected chi connectivity index (χ2v) is 5.82. The Kier molecular flexibility index (Phi) is 5.43. The third kappa shape index (κ3) is 4.13. The van der Waals surface area contributed by atoms with Crippen molar-refractivity contribution in [3.8, 4) is 16.9 Å². The Morgan fingerprint density at radius 1 is 1.28 bits per heavy atom. The highest BCUT2D eigenvalue weighted by atomic mass is 35.5. The lowest BCUT2D eigenvalue weighted by molar-refractivity contribution is -0.143. The Balaban J connectivity index is 2.57. The number of nitrogens with zero attached hydrogens (tertiary/aromatic N) is 1. The van der Waals surface area contributed by atoms with E-state index in [1.165, 1.54) is 6.92 Å². The molecule has 0 aliphatic heterocycles. The molecule has 4 nitrogen and oxygen atoms in total. The lowest BCUT2D eigenvalue weighted by atomic mass is 10.1. The monoisotopic (exact) mass is 379 g/mol. The highest BCUT2D eigenvalue weighted by molar-refractivity contribution is 6.32. The van der Waals surface area contributed by atoms with Crippen molar-refractivity contribution in [1.29, 1.82) is 0 Å². The number of benzene rings is 1. The number of alkyl halides is 3. The number of pyridine rings is 1. The molecule has 0 saturated heterocycles. The maximum absolute atomic E-state index is 14.2. The van der Waals surface area contributed by atoms with Crippen LogP contribution in [0.3, 0.4) is 0 Å². The van der Waals surface area contributed by atoms with Crippen molar-refractivity contribution in [2.75, 3.05) is 6.61 Å². The summed E-state index contributed by atoms with van der Waals surface area (Å²) in [5.41, 5.74) is -2.69. The van der Waals surface area contributed by atoms with E-state index < -0.39 is 29.4 Å². The van der Waals surface area contributed by atoms with Gasteiger partial charge in [0.1, 0.15) is 23.9 Å². The van der Waals surface area contributed by atoms with Crippen LogP contribution in [0.25, 0.3) is 11.1 Å². The number of hydrogen-bond acceptors (Lipinski definition) is 3. The lowest BCUT2D eigenvalue weighted by Gasteiger charge is -2.15. The van der Waals surface area contributed by atoms with Crippen LogP contribution in [-0.2, 0) is 13.2 Å². The molecule has 0 aliphatic carbocycles. The summed E-state index contributed by atoms with van der Waals surface area (Å²) in [4.78, 5) is 12.2. The van der Waals surface area contributed by atoms with Gasteiger partial charge in [-0.2, -0.15) is 13.2 Å². The summed E-state index contributed by atoms with van der Waals surface area (Å²) < 4.78 is 58.4. The fourth-order valence-electron chi connectivity index (χ4n) is 2.18. The van der Waals surface area contributed by atoms with E-state index in [9.17, 15) is 27.5 Å². The van der Waals surface area contributed by atoms with Crippen LogP contribution in [0.15, 0.2) is 29.1 Å². The molecule has 1 aromatic carbocycles. The van der Waals surface area contributed by atoms with Gasteiger partial charge in [-0.3, -0.25) is 4.79 Å². The molecular weight excluding hydrogens is 366 g/mol. The minimum Gasteiger partial charge on any atom is -0.489 e. The van der Waals surface area contributed by atoms with Gasteiger partial charge in [0.15, 0.2) is 0 Å². The summed E-state index contributed by atoms with van der Waals surface area (Å²) in [6.07, 6.45) is -5.53. The van der Waals surface area contributed by atoms with Gasteiger partial charge < -0.3 is 14.4 Å². The zero-order chi connectivity index (χ0) is 18.9. The third-order valence-corrected chi connectivity index (χ3v) is 3.68. The summed E-state index contributed by atoms with van der Waals surface area (Å²) >= 11 is 5.85. The van der Waals surface area contributed by atoms with Crippen LogP contribution in [0.5, 0.6) is 5.75 Å². The molecule has 1 unspecified atom stereocenters. The second kappa shape index (κ2) is 7.05. The SMILES string of the molecule is CC(O)COc1cc(-c2ccc(C(F)(F)F)n(C)c2=O)c(F)cc1Cl. The molecule has 1 aromatic heterocycles. The predicted octanol–water partition coefficient (Wildman–Crippen LogP) is 3.62. The Morgan fingerprint density at radius 2 is 1.92 bits per heavy atom. The molecule has 1 N–H and O–H groups in total. The molecule has 136 valence electrons. The Labute approximate surface area is 145 Å². The van der Waals surface area contributed by atoms with E-state index in [0.29, 0.717) is 10.6 Å². The van der Waals surface area contributed by atoms with E-state index in [-0.39, 0.29) is 28.5 Å². The van der Waals surface area contributed by atoms with Gasteiger partial charge in [-0.15, -0.1) is 0 Å². The molecule has 0 aliphatic rings. The van der Waals surface area contributed by atoms with Gasteiger partial charge in [0, 0.05) is 12.6 Å². The highest BCUT2D eigenvalue weighted by Crippen LogP contribution is 2.34. The average Bonchev–Trinajstić information content (AvgIpc) is 2.48. The van der Waals surface area contributed by atoms with Crippen LogP contribution in [0.4, 0.5) is 17.6 Å². The maximum Gasteiger partial charge on any atom is 0.431 e. The zero-order valence-corrected chi connectivity index (χ0v) is 14.0. The van der Waals surface area contributed by atoms with Crippen molar-refractivity contribution in [2.24, 2.45) is 7.05 Å². The van der Waals surface area contributed by atoms with E-state index in [0.717, 1.165) is 25.2 Å². The van der Waals surface area contributed by atoms with Crippen LogP contribution >= 0.6 is 11.6 Å². The standard InChI is InChI=1S/C16H14ClF4NO3/c1-8(23)7-25-13-5-10(12(18)6-11(13)17)9-3-4-14(16(19,20)21)22(2)15(9)24/h3-6,8,23H,7H2,1-2H3. The van der Waals surface area contributed by atoms with Gasteiger partial charge in [0.25, 0.3) is 5.56 Å². The van der Waals surface area contributed by atoms with Gasteiger partial charge in [-0.1, -0.05) is 11.6 Å². The summed E-state index contributed by atoms with van der Waals surface area (Å²) in [5.74, 6) is -0.882. The molecule has 9 heteroatoms. The molecule has 0 saturated carbocycles. The van der Waals surface area contributed by atoms with Gasteiger partial charge in [0.05, 0.1) is 16.7 Å². The number of ether oxygens (including phenoxy) is 1. The number of hydrogen-bond donors (Lipinski definition) is 1. The first-order valence-electron chi connectivity index (χ1n) is 7.10. The van der Waals surface area contributed by atoms with Crippen LogP contribution in [0.2, 0.25) is 5.02 Å². The topological polar surface area (TPSA) is 51.5 Å². The molecular formula is C16H14ClF4NO3. The summed E-state index contributed by atoms with van der Waals surface area (Å²) in [6, 6.07) is 3.60. The fraction of sp³-hybridized carbons (Fsp3) is 0.312. The van der Waals surface area contributed by atoms with Crippen molar-refractivity contribution in [3.05, 3.63) is 51.2 Å². The predicted molar refractivity (Wildman–Crippen MR) is 84.3 cm³/mol. The Bertz CT molecular complexity index is 846. The van der Waals surface area contributed by atoms with Gasteiger partial charge in [0.2, 0.25) is 0 Å². The van der Waals surface area contributed by atoms with Gasteiger partial charge in [-0.25, -0.2) is 4.39 Å². The molecule has 2 rings (SSSR count). The minimum atomic E-state index is -4.71. The molecule has 0 amide bonds. The Hall–Kier alpha value is -2.06. The van der Waals surface area contributed by atoms with Crippen LogP contribution in [0.1, 0.15) is 12.6 Å². The molecule has 25 heavy (non-hydrogen) atoms. The van der Waals surface area contributed by atoms with Crippen molar-refractivity contribution in [3.63, 3.8) is 0 Å². The molecule has 0 radical (unpaired) electrons. The number of halogens is 5. The molecule has 0 bridgehead atoms. The average molecular weight is 380 g/mol. The largest absolute Gasteiger partial charge is 0.489 e. The fourth-order valence-corrected chi connectivity index (χ4v) is 2.39. The van der Waals surface area contributed by atoms with Crippen molar-refractivity contribution < 1.29 is 27.4 Å². The number of aromatic nitrogens is 1. The van der Waals surface area contributed by atoms with Gasteiger partial charge >= 0.3 is 6.18 Å². The minimum absolute atomic E-state index is 0.000850. The van der Waals surface area contributed by atoms with E-state index in [1.807, 2.05) is 0 Å². The summed E-state index contributed by atoms with van der Waals surface area (Å²) in [6.45, 7) is 1.33. The molecule has 2 aromatic rings. The summed E-state index contributed by atoms with van der Waals surface area (Å²) in [5, 5.41) is 9.14. The van der Waals surface area contributed by atoms with E-state index in [4.69, 9.17) is 16.3 Å². The van der Waals surface area contributed by atoms with Crippen molar-refractivity contribution in [2.45, 2.75) is 19.2 Å². The lowest BCUT2D eigenvalue weighted by Crippen LogP contribution is -2.26. The van der Waals surface area contributed by atoms with Crippen LogP contribution < -0.4 is 10.3 Å². The summed E-state index contributed by atoms with van der Waals surface area (Å²) in [7, 11) is 0.952.